The van der Waals surface area contributed by atoms with E-state index >= 15 is 0 Å². The smallest absolute Gasteiger partial charge is 0.369 e. The highest BCUT2D eigenvalue weighted by atomic mass is 16.8. The number of aliphatic hydroxyl groups is 1. The molecule has 5 rings (SSSR count). The predicted octanol–water partition coefficient (Wildman–Crippen LogP) is 3.17. The van der Waals surface area contributed by atoms with Crippen LogP contribution in [0.2, 0.25) is 0 Å². The topological polar surface area (TPSA) is 244 Å². The second kappa shape index (κ2) is 23.3. The Kier molecular flexibility index (Phi) is 17.9. The first-order valence-electron chi connectivity index (χ1n) is 21.2. The normalized spacial score (nSPS) is 26.9. The SMILES string of the molecule is CC[C@@H](OC(C)=O)[C@@H](OC(C)=O)C1O[C@](OCC2O[C@@H](C)C(OC(=O)c3ccccc3)[C@@H](OC(=O)c3ccccc3)[C@H]2OCc2ccccc2)(C(=O)OC)C(O)[C@@H](OC(C)=O)[C@H]1NC(C)=O. The Balaban J connectivity index is 1.63. The Morgan fingerprint density at radius 2 is 1.26 bits per heavy atom. The van der Waals surface area contributed by atoms with Gasteiger partial charge < -0.3 is 57.8 Å². The third-order valence-corrected chi connectivity index (χ3v) is 10.7. The van der Waals surface area contributed by atoms with E-state index in [1.165, 1.54) is 24.3 Å². The van der Waals surface area contributed by atoms with Gasteiger partial charge in [0.1, 0.15) is 24.4 Å². The van der Waals surface area contributed by atoms with Crippen molar-refractivity contribution in [2.24, 2.45) is 0 Å². The molecule has 1 amide bonds. The molecule has 2 aliphatic rings. The Bertz CT molecular complexity index is 2120. The molecule has 0 saturated carbocycles. The van der Waals surface area contributed by atoms with Crippen LogP contribution in [-0.2, 0) is 77.9 Å². The van der Waals surface area contributed by atoms with E-state index in [-0.39, 0.29) is 24.2 Å². The lowest BCUT2D eigenvalue weighted by Gasteiger charge is -2.51. The van der Waals surface area contributed by atoms with Crippen LogP contribution in [0.1, 0.15) is 74.2 Å². The summed E-state index contributed by atoms with van der Waals surface area (Å²) < 4.78 is 59.7. The molecule has 2 heterocycles. The fourth-order valence-corrected chi connectivity index (χ4v) is 7.81. The van der Waals surface area contributed by atoms with Gasteiger partial charge in [-0.1, -0.05) is 73.7 Å². The molecule has 4 unspecified atom stereocenters. The summed E-state index contributed by atoms with van der Waals surface area (Å²) in [7, 11) is 0.951. The maximum Gasteiger partial charge on any atom is 0.369 e. The number of carbonyl (C=O) groups is 7. The second-order valence-electron chi connectivity index (χ2n) is 15.5. The van der Waals surface area contributed by atoms with E-state index in [9.17, 15) is 38.7 Å². The first-order chi connectivity index (χ1) is 31.5. The molecule has 0 aliphatic carbocycles. The van der Waals surface area contributed by atoms with E-state index < -0.39 is 121 Å². The van der Waals surface area contributed by atoms with Crippen LogP contribution in [0.4, 0.5) is 0 Å². The molecule has 0 radical (unpaired) electrons. The van der Waals surface area contributed by atoms with Crippen LogP contribution in [0.3, 0.4) is 0 Å². The molecule has 2 saturated heterocycles. The van der Waals surface area contributed by atoms with E-state index in [4.69, 9.17) is 47.4 Å². The zero-order valence-electron chi connectivity index (χ0n) is 37.5. The molecule has 0 bridgehead atoms. The standard InChI is InChI=1S/C47H55NO18/c1-8-34(61-28(4)50)39(62-29(5)51)40-36(48-27(3)49)41(63-30(6)52)43(53)47(66-40,46(56)57-7)59-25-35-38(58-24-31-18-12-9-13-19-31)42(65-45(55)33-22-16-11-17-23-33)37(26(2)60-35)64-44(54)32-20-14-10-15-21-32/h9-23,26,34-43,53H,8,24-25H2,1-7H3,(H,48,49)/t26-,34+,35?,36-,37?,38-,39+,40?,41-,42+,43?,47-/m0/s1. The van der Waals surface area contributed by atoms with E-state index in [1.54, 1.807) is 80.6 Å². The van der Waals surface area contributed by atoms with Crippen molar-refractivity contribution >= 4 is 41.7 Å². The highest BCUT2D eigenvalue weighted by Crippen LogP contribution is 2.39. The highest BCUT2D eigenvalue weighted by molar-refractivity contribution is 5.90. The number of rotatable bonds is 18. The molecule has 0 aromatic heterocycles. The van der Waals surface area contributed by atoms with Crippen LogP contribution in [0, 0.1) is 0 Å². The first-order valence-corrected chi connectivity index (χ1v) is 21.2. The van der Waals surface area contributed by atoms with Crippen molar-refractivity contribution < 1.29 is 86.0 Å². The molecule has 66 heavy (non-hydrogen) atoms. The van der Waals surface area contributed by atoms with Crippen LogP contribution in [0.15, 0.2) is 91.0 Å². The lowest BCUT2D eigenvalue weighted by molar-refractivity contribution is -0.357. The summed E-state index contributed by atoms with van der Waals surface area (Å²) >= 11 is 0. The Labute approximate surface area is 381 Å². The molecule has 2 fully saturated rings. The minimum Gasteiger partial charge on any atom is -0.465 e. The summed E-state index contributed by atoms with van der Waals surface area (Å²) in [5.41, 5.74) is 1.01. The van der Waals surface area contributed by atoms with Crippen LogP contribution in [0.25, 0.3) is 0 Å². The molecule has 0 spiro atoms. The third kappa shape index (κ3) is 12.5. The van der Waals surface area contributed by atoms with Gasteiger partial charge in [0.2, 0.25) is 5.91 Å². The zero-order valence-corrected chi connectivity index (χ0v) is 37.5. The molecule has 19 nitrogen and oxygen atoms in total. The first kappa shape index (κ1) is 50.7. The maximum absolute atomic E-state index is 14.2. The molecule has 12 atom stereocenters. The number of methoxy groups -OCH3 is 1. The number of hydrogen-bond acceptors (Lipinski definition) is 18. The lowest BCUT2D eigenvalue weighted by Crippen LogP contribution is -2.75. The zero-order chi connectivity index (χ0) is 48.1. The van der Waals surface area contributed by atoms with Gasteiger partial charge in [0.25, 0.3) is 0 Å². The fourth-order valence-electron chi connectivity index (χ4n) is 7.81. The number of nitrogens with one attached hydrogen (secondary N) is 1. The summed E-state index contributed by atoms with van der Waals surface area (Å²) in [5.74, 6) is -9.40. The number of carbonyl (C=O) groups excluding carboxylic acids is 7. The molecule has 3 aromatic rings. The molecular weight excluding hydrogens is 867 g/mol. The van der Waals surface area contributed by atoms with Gasteiger partial charge in [0.15, 0.2) is 30.5 Å². The van der Waals surface area contributed by atoms with Gasteiger partial charge in [0.05, 0.1) is 43.6 Å². The number of aliphatic hydroxyl groups excluding tert-OH is 1. The highest BCUT2D eigenvalue weighted by Gasteiger charge is 2.65. The Morgan fingerprint density at radius 1 is 0.712 bits per heavy atom. The van der Waals surface area contributed by atoms with Gasteiger partial charge in [-0.2, -0.15) is 0 Å². The predicted molar refractivity (Wildman–Crippen MR) is 227 cm³/mol. The molecule has 19 heteroatoms. The van der Waals surface area contributed by atoms with Crippen molar-refractivity contribution in [3.05, 3.63) is 108 Å². The van der Waals surface area contributed by atoms with E-state index in [2.05, 4.69) is 5.32 Å². The molecular formula is C47H55NO18. The quantitative estimate of drug-likeness (QED) is 0.137. The van der Waals surface area contributed by atoms with Crippen LogP contribution < -0.4 is 5.32 Å². The molecule has 2 N–H and O–H groups in total. The van der Waals surface area contributed by atoms with Gasteiger partial charge in [-0.05, 0) is 43.2 Å². The molecule has 356 valence electrons. The lowest BCUT2D eigenvalue weighted by atomic mass is 9.85. The molecule has 2 aliphatic heterocycles. The van der Waals surface area contributed by atoms with Crippen LogP contribution >= 0.6 is 0 Å². The Morgan fingerprint density at radius 3 is 1.76 bits per heavy atom. The summed E-state index contributed by atoms with van der Waals surface area (Å²) in [6.45, 7) is 6.52. The summed E-state index contributed by atoms with van der Waals surface area (Å²) in [4.78, 5) is 92.2. The average Bonchev–Trinajstić information content (AvgIpc) is 3.29. The third-order valence-electron chi connectivity index (χ3n) is 10.7. The van der Waals surface area contributed by atoms with Crippen molar-refractivity contribution in [2.75, 3.05) is 13.7 Å². The molecule has 3 aromatic carbocycles. The van der Waals surface area contributed by atoms with Crippen molar-refractivity contribution in [1.29, 1.82) is 0 Å². The van der Waals surface area contributed by atoms with Crippen molar-refractivity contribution in [2.45, 2.75) is 127 Å². The minimum absolute atomic E-state index is 0.00954. The van der Waals surface area contributed by atoms with Crippen LogP contribution in [-0.4, -0.2) is 133 Å². The van der Waals surface area contributed by atoms with Crippen molar-refractivity contribution in [1.82, 2.24) is 5.32 Å². The number of amides is 1. The van der Waals surface area contributed by atoms with Gasteiger partial charge in [-0.15, -0.1) is 0 Å². The fraction of sp³-hybridized carbons (Fsp3) is 0.468. The number of hydrogen-bond donors (Lipinski definition) is 2. The van der Waals surface area contributed by atoms with Gasteiger partial charge in [-0.25, -0.2) is 14.4 Å². The van der Waals surface area contributed by atoms with E-state index in [0.717, 1.165) is 34.8 Å². The summed E-state index contributed by atoms with van der Waals surface area (Å²) in [6, 6.07) is 23.4. The number of ether oxygens (including phenoxy) is 10. The van der Waals surface area contributed by atoms with Gasteiger partial charge in [-0.3, -0.25) is 19.2 Å². The number of benzene rings is 3. The Hall–Kier alpha value is -6.25. The largest absolute Gasteiger partial charge is 0.465 e. The minimum atomic E-state index is -3.01. The summed E-state index contributed by atoms with van der Waals surface area (Å²) in [5, 5.41) is 14.8. The van der Waals surface area contributed by atoms with Crippen molar-refractivity contribution in [3.8, 4) is 0 Å². The van der Waals surface area contributed by atoms with Crippen LogP contribution in [0.5, 0.6) is 0 Å². The van der Waals surface area contributed by atoms with Gasteiger partial charge >= 0.3 is 41.6 Å². The second-order valence-corrected chi connectivity index (χ2v) is 15.5. The maximum atomic E-state index is 14.2. The van der Waals surface area contributed by atoms with E-state index in [0.29, 0.717) is 5.56 Å². The average molecular weight is 922 g/mol. The van der Waals surface area contributed by atoms with Crippen molar-refractivity contribution in [3.63, 3.8) is 0 Å². The number of esters is 6. The van der Waals surface area contributed by atoms with E-state index in [1.807, 2.05) is 0 Å². The summed E-state index contributed by atoms with van der Waals surface area (Å²) in [6.07, 6.45) is -15.5. The monoisotopic (exact) mass is 921 g/mol. The van der Waals surface area contributed by atoms with Gasteiger partial charge in [0, 0.05) is 27.7 Å².